The maximum absolute atomic E-state index is 11.5. The fourth-order valence-corrected chi connectivity index (χ4v) is 2.42. The summed E-state index contributed by atoms with van der Waals surface area (Å²) in [5.74, 6) is -0.115. The fraction of sp³-hybridized carbons (Fsp3) is 0.533. The second-order valence-electron chi connectivity index (χ2n) is 4.76. The molecule has 1 fully saturated rings. The molecule has 0 aliphatic carbocycles. The molecule has 0 saturated carbocycles. The number of carbonyl (C=O) groups excluding carboxylic acids is 1. The standard InChI is InChI=1S/C15H22N2O2/c1-2-19-15(18)13-16-9-6-10-17(12-11-16)14-7-4-3-5-8-14/h3-5,7-8H,2,6,9-13H2,1H3. The second kappa shape index (κ2) is 7.14. The van der Waals surface area contributed by atoms with E-state index in [0.29, 0.717) is 13.2 Å². The van der Waals surface area contributed by atoms with E-state index in [9.17, 15) is 4.79 Å². The van der Waals surface area contributed by atoms with E-state index in [-0.39, 0.29) is 5.97 Å². The van der Waals surface area contributed by atoms with Crippen LogP contribution in [0.3, 0.4) is 0 Å². The smallest absolute Gasteiger partial charge is 0.320 e. The molecule has 1 aliphatic heterocycles. The molecule has 1 aromatic rings. The van der Waals surface area contributed by atoms with Crippen molar-refractivity contribution in [1.82, 2.24) is 4.90 Å². The normalized spacial score (nSPS) is 17.0. The fourth-order valence-electron chi connectivity index (χ4n) is 2.42. The van der Waals surface area contributed by atoms with Gasteiger partial charge in [-0.15, -0.1) is 0 Å². The van der Waals surface area contributed by atoms with Crippen molar-refractivity contribution in [3.8, 4) is 0 Å². The topological polar surface area (TPSA) is 32.8 Å². The summed E-state index contributed by atoms with van der Waals surface area (Å²) < 4.78 is 5.00. The molecule has 0 aromatic heterocycles. The van der Waals surface area contributed by atoms with Crippen LogP contribution in [0, 0.1) is 0 Å². The predicted molar refractivity (Wildman–Crippen MR) is 76.3 cm³/mol. The number of carbonyl (C=O) groups is 1. The van der Waals surface area contributed by atoms with E-state index < -0.39 is 0 Å². The Labute approximate surface area is 115 Å². The highest BCUT2D eigenvalue weighted by Gasteiger charge is 2.17. The minimum Gasteiger partial charge on any atom is -0.465 e. The number of nitrogens with zero attached hydrogens (tertiary/aromatic N) is 2. The largest absolute Gasteiger partial charge is 0.465 e. The number of esters is 1. The van der Waals surface area contributed by atoms with E-state index in [1.807, 2.05) is 13.0 Å². The third-order valence-corrected chi connectivity index (χ3v) is 3.37. The summed E-state index contributed by atoms with van der Waals surface area (Å²) in [7, 11) is 0. The van der Waals surface area contributed by atoms with Gasteiger partial charge in [0.1, 0.15) is 0 Å². The number of hydrogen-bond donors (Lipinski definition) is 0. The Morgan fingerprint density at radius 2 is 1.95 bits per heavy atom. The van der Waals surface area contributed by atoms with Gasteiger partial charge in [0.15, 0.2) is 0 Å². The van der Waals surface area contributed by atoms with Crippen LogP contribution in [0.2, 0.25) is 0 Å². The van der Waals surface area contributed by atoms with Crippen molar-refractivity contribution in [2.45, 2.75) is 13.3 Å². The first kappa shape index (κ1) is 13.9. The molecule has 1 heterocycles. The molecule has 0 bridgehead atoms. The molecule has 0 amide bonds. The molecule has 0 atom stereocenters. The van der Waals surface area contributed by atoms with Crippen LogP contribution >= 0.6 is 0 Å². The molecular weight excluding hydrogens is 240 g/mol. The Balaban J connectivity index is 1.86. The molecule has 0 spiro atoms. The minimum absolute atomic E-state index is 0.115. The van der Waals surface area contributed by atoms with Gasteiger partial charge in [-0.2, -0.15) is 0 Å². The molecule has 0 unspecified atom stereocenters. The molecule has 0 N–H and O–H groups in total. The zero-order chi connectivity index (χ0) is 13.5. The van der Waals surface area contributed by atoms with Crippen LogP contribution in [0.4, 0.5) is 5.69 Å². The van der Waals surface area contributed by atoms with Crippen molar-refractivity contribution in [3.63, 3.8) is 0 Å². The minimum atomic E-state index is -0.115. The molecule has 4 heteroatoms. The zero-order valence-corrected chi connectivity index (χ0v) is 11.5. The Hall–Kier alpha value is -1.55. The molecule has 0 radical (unpaired) electrons. The Morgan fingerprint density at radius 3 is 2.68 bits per heavy atom. The van der Waals surface area contributed by atoms with Crippen molar-refractivity contribution in [2.75, 3.05) is 44.2 Å². The highest BCUT2D eigenvalue weighted by atomic mass is 16.5. The number of ether oxygens (including phenoxy) is 1. The van der Waals surface area contributed by atoms with Gasteiger partial charge in [0.2, 0.25) is 0 Å². The first-order valence-corrected chi connectivity index (χ1v) is 6.97. The zero-order valence-electron chi connectivity index (χ0n) is 11.5. The highest BCUT2D eigenvalue weighted by Crippen LogP contribution is 2.15. The van der Waals surface area contributed by atoms with E-state index in [2.05, 4.69) is 34.1 Å². The van der Waals surface area contributed by atoms with Gasteiger partial charge < -0.3 is 9.64 Å². The number of anilines is 1. The average Bonchev–Trinajstić information content (AvgIpc) is 2.66. The van der Waals surface area contributed by atoms with E-state index in [1.165, 1.54) is 5.69 Å². The van der Waals surface area contributed by atoms with Crippen molar-refractivity contribution in [1.29, 1.82) is 0 Å². The highest BCUT2D eigenvalue weighted by molar-refractivity contribution is 5.71. The first-order chi connectivity index (χ1) is 9.29. The summed E-state index contributed by atoms with van der Waals surface area (Å²) in [6.07, 6.45) is 1.08. The van der Waals surface area contributed by atoms with Crippen LogP contribution in [0.15, 0.2) is 30.3 Å². The predicted octanol–water partition coefficient (Wildman–Crippen LogP) is 1.76. The van der Waals surface area contributed by atoms with Gasteiger partial charge in [0.25, 0.3) is 0 Å². The third kappa shape index (κ3) is 4.24. The lowest BCUT2D eigenvalue weighted by Crippen LogP contribution is -2.34. The van der Waals surface area contributed by atoms with Gasteiger partial charge in [0, 0.05) is 31.9 Å². The van der Waals surface area contributed by atoms with Crippen LogP contribution in [-0.4, -0.2) is 50.2 Å². The van der Waals surface area contributed by atoms with Gasteiger partial charge >= 0.3 is 5.97 Å². The summed E-state index contributed by atoms with van der Waals surface area (Å²) in [5.41, 5.74) is 1.26. The van der Waals surface area contributed by atoms with Crippen molar-refractivity contribution < 1.29 is 9.53 Å². The Bertz CT molecular complexity index is 394. The van der Waals surface area contributed by atoms with Gasteiger partial charge in [-0.3, -0.25) is 9.69 Å². The summed E-state index contributed by atoms with van der Waals surface area (Å²) >= 11 is 0. The number of rotatable bonds is 4. The number of hydrogen-bond acceptors (Lipinski definition) is 4. The van der Waals surface area contributed by atoms with Gasteiger partial charge in [0.05, 0.1) is 13.2 Å². The first-order valence-electron chi connectivity index (χ1n) is 6.97. The Morgan fingerprint density at radius 1 is 1.16 bits per heavy atom. The molecule has 2 rings (SSSR count). The van der Waals surface area contributed by atoms with Gasteiger partial charge in [-0.05, 0) is 25.5 Å². The summed E-state index contributed by atoms with van der Waals surface area (Å²) in [4.78, 5) is 16.1. The van der Waals surface area contributed by atoms with Crippen LogP contribution in [0.5, 0.6) is 0 Å². The molecular formula is C15H22N2O2. The van der Waals surface area contributed by atoms with Crippen molar-refractivity contribution >= 4 is 11.7 Å². The lowest BCUT2D eigenvalue weighted by Gasteiger charge is -2.23. The average molecular weight is 262 g/mol. The van der Waals surface area contributed by atoms with E-state index in [1.54, 1.807) is 0 Å². The number of para-hydroxylation sites is 1. The molecule has 19 heavy (non-hydrogen) atoms. The summed E-state index contributed by atoms with van der Waals surface area (Å²) in [5, 5.41) is 0. The summed E-state index contributed by atoms with van der Waals surface area (Å²) in [6.45, 7) is 6.60. The van der Waals surface area contributed by atoms with Crippen molar-refractivity contribution in [3.05, 3.63) is 30.3 Å². The maximum Gasteiger partial charge on any atom is 0.320 e. The van der Waals surface area contributed by atoms with Crippen molar-refractivity contribution in [2.24, 2.45) is 0 Å². The second-order valence-corrected chi connectivity index (χ2v) is 4.76. The molecule has 1 aromatic carbocycles. The van der Waals surface area contributed by atoms with Gasteiger partial charge in [-0.25, -0.2) is 0 Å². The molecule has 1 aliphatic rings. The van der Waals surface area contributed by atoms with Crippen LogP contribution < -0.4 is 4.90 Å². The van der Waals surface area contributed by atoms with Crippen LogP contribution in [0.25, 0.3) is 0 Å². The van der Waals surface area contributed by atoms with E-state index in [0.717, 1.165) is 32.6 Å². The molecule has 1 saturated heterocycles. The lowest BCUT2D eigenvalue weighted by atomic mass is 10.3. The van der Waals surface area contributed by atoms with Crippen LogP contribution in [-0.2, 0) is 9.53 Å². The molecule has 4 nitrogen and oxygen atoms in total. The maximum atomic E-state index is 11.5. The third-order valence-electron chi connectivity index (χ3n) is 3.37. The Kier molecular flexibility index (Phi) is 5.21. The lowest BCUT2D eigenvalue weighted by molar-refractivity contribution is -0.144. The van der Waals surface area contributed by atoms with Gasteiger partial charge in [-0.1, -0.05) is 18.2 Å². The number of benzene rings is 1. The monoisotopic (exact) mass is 262 g/mol. The van der Waals surface area contributed by atoms with Crippen LogP contribution in [0.1, 0.15) is 13.3 Å². The summed E-state index contributed by atoms with van der Waals surface area (Å²) in [6, 6.07) is 10.4. The quantitative estimate of drug-likeness (QED) is 0.774. The SMILES string of the molecule is CCOC(=O)CN1CCCN(c2ccccc2)CC1. The van der Waals surface area contributed by atoms with E-state index >= 15 is 0 Å². The molecule has 104 valence electrons. The van der Waals surface area contributed by atoms with E-state index in [4.69, 9.17) is 4.74 Å².